The number of hydrogen-bond acceptors (Lipinski definition) is 5. The summed E-state index contributed by atoms with van der Waals surface area (Å²) in [6.07, 6.45) is 5.39. The highest BCUT2D eigenvalue weighted by molar-refractivity contribution is 6.29. The molecular weight excluding hydrogens is 338 g/mol. The number of hydrogen-bond donors (Lipinski definition) is 0. The zero-order chi connectivity index (χ0) is 17.5. The summed E-state index contributed by atoms with van der Waals surface area (Å²) in [5.74, 6) is 2.36. The van der Waals surface area contributed by atoms with Gasteiger partial charge < -0.3 is 9.64 Å². The number of aromatic nitrogens is 2. The van der Waals surface area contributed by atoms with Gasteiger partial charge in [0.25, 0.3) is 0 Å². The highest BCUT2D eigenvalue weighted by atomic mass is 35.5. The van der Waals surface area contributed by atoms with Crippen LogP contribution < -0.4 is 9.64 Å². The van der Waals surface area contributed by atoms with E-state index in [1.54, 1.807) is 18.2 Å². The maximum absolute atomic E-state index is 10.6. The molecule has 3 rings (SSSR count). The minimum atomic E-state index is 0.427. The van der Waals surface area contributed by atoms with Crippen molar-refractivity contribution in [3.05, 3.63) is 47.1 Å². The molecular formula is C19H22ClN3O2. The predicted octanol–water partition coefficient (Wildman–Crippen LogP) is 4.02. The Hall–Kier alpha value is -2.14. The van der Waals surface area contributed by atoms with Crippen LogP contribution in [0.2, 0.25) is 5.15 Å². The first-order valence-electron chi connectivity index (χ1n) is 8.67. The number of nitrogens with zero attached hydrogens (tertiary/aromatic N) is 3. The number of anilines is 1. The quantitative estimate of drug-likeness (QED) is 0.552. The second-order valence-electron chi connectivity index (χ2n) is 6.35. The van der Waals surface area contributed by atoms with E-state index in [0.717, 1.165) is 43.8 Å². The van der Waals surface area contributed by atoms with Gasteiger partial charge in [-0.05, 0) is 68.0 Å². The average molecular weight is 360 g/mol. The Balaban J connectivity index is 1.41. The molecule has 2 heterocycles. The lowest BCUT2D eigenvalue weighted by Gasteiger charge is -2.33. The highest BCUT2D eigenvalue weighted by Gasteiger charge is 2.20. The molecule has 0 bridgehead atoms. The van der Waals surface area contributed by atoms with Crippen LogP contribution >= 0.6 is 11.6 Å². The van der Waals surface area contributed by atoms with Crippen LogP contribution in [0.1, 0.15) is 36.0 Å². The van der Waals surface area contributed by atoms with E-state index in [-0.39, 0.29) is 0 Å². The van der Waals surface area contributed by atoms with Crippen LogP contribution in [0.25, 0.3) is 0 Å². The van der Waals surface area contributed by atoms with Crippen LogP contribution in [0.15, 0.2) is 36.4 Å². The van der Waals surface area contributed by atoms with Gasteiger partial charge in [-0.15, -0.1) is 10.2 Å². The fourth-order valence-electron chi connectivity index (χ4n) is 3.19. The van der Waals surface area contributed by atoms with Crippen molar-refractivity contribution in [2.24, 2.45) is 5.92 Å². The second-order valence-corrected chi connectivity index (χ2v) is 6.73. The van der Waals surface area contributed by atoms with E-state index >= 15 is 0 Å². The third-order valence-corrected chi connectivity index (χ3v) is 4.70. The Morgan fingerprint density at radius 2 is 2.04 bits per heavy atom. The molecule has 0 radical (unpaired) electrons. The van der Waals surface area contributed by atoms with Crippen LogP contribution in [0.3, 0.4) is 0 Å². The number of rotatable bonds is 7. The second kappa shape index (κ2) is 8.81. The van der Waals surface area contributed by atoms with Gasteiger partial charge in [0.15, 0.2) is 11.0 Å². The van der Waals surface area contributed by atoms with Gasteiger partial charge >= 0.3 is 0 Å². The number of carbonyl (C=O) groups excluding carboxylic acids is 1. The van der Waals surface area contributed by atoms with E-state index in [1.807, 2.05) is 18.2 Å². The molecule has 1 atom stereocenters. The summed E-state index contributed by atoms with van der Waals surface area (Å²) in [6, 6.07) is 10.9. The van der Waals surface area contributed by atoms with Gasteiger partial charge in [0, 0.05) is 18.7 Å². The molecule has 6 heteroatoms. The maximum atomic E-state index is 10.6. The molecule has 0 spiro atoms. The standard InChI is InChI=1S/C19H22ClN3O2/c20-18-9-10-19(22-21-18)23-11-1-3-15(13-23)4-2-12-25-17-7-5-16(14-24)6-8-17/h5-10,14-15H,1-4,11-13H2. The first-order chi connectivity index (χ1) is 12.2. The molecule has 1 unspecified atom stereocenters. The van der Waals surface area contributed by atoms with E-state index in [9.17, 15) is 4.79 Å². The van der Waals surface area contributed by atoms with Crippen LogP contribution in [-0.2, 0) is 0 Å². The number of piperidine rings is 1. The van der Waals surface area contributed by atoms with Crippen molar-refractivity contribution in [1.82, 2.24) is 10.2 Å². The molecule has 1 aliphatic heterocycles. The molecule has 132 valence electrons. The number of benzene rings is 1. The zero-order valence-electron chi connectivity index (χ0n) is 14.1. The summed E-state index contributed by atoms with van der Waals surface area (Å²) in [7, 11) is 0. The molecule has 0 saturated carbocycles. The van der Waals surface area contributed by atoms with Gasteiger partial charge in [-0.1, -0.05) is 11.6 Å². The average Bonchev–Trinajstić information content (AvgIpc) is 2.66. The molecule has 1 fully saturated rings. The maximum Gasteiger partial charge on any atom is 0.151 e. The molecule has 0 N–H and O–H groups in total. The Morgan fingerprint density at radius 1 is 1.20 bits per heavy atom. The Morgan fingerprint density at radius 3 is 2.76 bits per heavy atom. The monoisotopic (exact) mass is 359 g/mol. The Bertz CT molecular complexity index is 676. The molecule has 0 amide bonds. The molecule has 1 aromatic heterocycles. The zero-order valence-corrected chi connectivity index (χ0v) is 14.9. The van der Waals surface area contributed by atoms with Crippen molar-refractivity contribution in [3.8, 4) is 5.75 Å². The summed E-state index contributed by atoms with van der Waals surface area (Å²) in [5, 5.41) is 8.54. The van der Waals surface area contributed by atoms with Crippen molar-refractivity contribution in [2.75, 3.05) is 24.6 Å². The molecule has 2 aromatic rings. The van der Waals surface area contributed by atoms with Crippen LogP contribution in [0, 0.1) is 5.92 Å². The number of halogens is 1. The van der Waals surface area contributed by atoms with Crippen molar-refractivity contribution >= 4 is 23.7 Å². The Labute approximate surface area is 153 Å². The van der Waals surface area contributed by atoms with Crippen LogP contribution in [0.5, 0.6) is 5.75 Å². The van der Waals surface area contributed by atoms with Gasteiger partial charge in [-0.2, -0.15) is 0 Å². The van der Waals surface area contributed by atoms with Gasteiger partial charge in [-0.25, -0.2) is 0 Å². The topological polar surface area (TPSA) is 55.3 Å². The molecule has 25 heavy (non-hydrogen) atoms. The third kappa shape index (κ3) is 5.16. The normalized spacial score (nSPS) is 17.3. The predicted molar refractivity (Wildman–Crippen MR) is 98.5 cm³/mol. The highest BCUT2D eigenvalue weighted by Crippen LogP contribution is 2.25. The van der Waals surface area contributed by atoms with Gasteiger partial charge in [0.1, 0.15) is 12.0 Å². The minimum absolute atomic E-state index is 0.427. The molecule has 1 aliphatic rings. The first-order valence-corrected chi connectivity index (χ1v) is 9.04. The molecule has 5 nitrogen and oxygen atoms in total. The van der Waals surface area contributed by atoms with Crippen LogP contribution in [-0.4, -0.2) is 36.2 Å². The largest absolute Gasteiger partial charge is 0.494 e. The van der Waals surface area contributed by atoms with Crippen molar-refractivity contribution in [2.45, 2.75) is 25.7 Å². The Kier molecular flexibility index (Phi) is 6.23. The summed E-state index contributed by atoms with van der Waals surface area (Å²) in [6.45, 7) is 2.72. The van der Waals surface area contributed by atoms with E-state index in [4.69, 9.17) is 16.3 Å². The van der Waals surface area contributed by atoms with Crippen LogP contribution in [0.4, 0.5) is 5.82 Å². The lowest BCUT2D eigenvalue weighted by molar-refractivity contribution is 0.112. The van der Waals surface area contributed by atoms with E-state index < -0.39 is 0 Å². The fraction of sp³-hybridized carbons (Fsp3) is 0.421. The van der Waals surface area contributed by atoms with E-state index in [2.05, 4.69) is 15.1 Å². The molecule has 1 aromatic carbocycles. The van der Waals surface area contributed by atoms with Crippen molar-refractivity contribution < 1.29 is 9.53 Å². The molecule has 0 aliphatic carbocycles. The summed E-state index contributed by atoms with van der Waals surface area (Å²) in [4.78, 5) is 12.9. The fourth-order valence-corrected chi connectivity index (χ4v) is 3.29. The van der Waals surface area contributed by atoms with E-state index in [1.165, 1.54) is 12.8 Å². The summed E-state index contributed by atoms with van der Waals surface area (Å²) >= 11 is 5.81. The lowest BCUT2D eigenvalue weighted by Crippen LogP contribution is -2.36. The minimum Gasteiger partial charge on any atom is -0.494 e. The third-order valence-electron chi connectivity index (χ3n) is 4.50. The smallest absolute Gasteiger partial charge is 0.151 e. The van der Waals surface area contributed by atoms with Crippen molar-refractivity contribution in [1.29, 1.82) is 0 Å². The summed E-state index contributed by atoms with van der Waals surface area (Å²) in [5.41, 5.74) is 0.667. The SMILES string of the molecule is O=Cc1ccc(OCCCC2CCCN(c3ccc(Cl)nn3)C2)cc1. The van der Waals surface area contributed by atoms with Crippen molar-refractivity contribution in [3.63, 3.8) is 0 Å². The van der Waals surface area contributed by atoms with Gasteiger partial charge in [0.2, 0.25) is 0 Å². The first kappa shape index (κ1) is 17.7. The lowest BCUT2D eigenvalue weighted by atomic mass is 9.93. The molecule has 1 saturated heterocycles. The number of carbonyl (C=O) groups is 1. The van der Waals surface area contributed by atoms with E-state index in [0.29, 0.717) is 23.2 Å². The van der Waals surface area contributed by atoms with Gasteiger partial charge in [-0.3, -0.25) is 4.79 Å². The number of ether oxygens (including phenoxy) is 1. The summed E-state index contributed by atoms with van der Waals surface area (Å²) < 4.78 is 5.75. The van der Waals surface area contributed by atoms with Gasteiger partial charge in [0.05, 0.1) is 6.61 Å². The number of aldehydes is 1.